The summed E-state index contributed by atoms with van der Waals surface area (Å²) in [6.45, 7) is 2.03. The molecular weight excluding hydrogens is 316 g/mol. The molecule has 0 aromatic carbocycles. The number of fused-ring (bicyclic) bond motifs is 4. The van der Waals surface area contributed by atoms with Gasteiger partial charge in [-0.15, -0.1) is 0 Å². The number of nitrogens with zero attached hydrogens (tertiary/aromatic N) is 4. The molecule has 0 radical (unpaired) electrons. The molecule has 0 unspecified atom stereocenters. The topological polar surface area (TPSA) is 84.4 Å². The summed E-state index contributed by atoms with van der Waals surface area (Å²) in [6, 6.07) is 2.08. The Hall–Kier alpha value is -3.35. The quantitative estimate of drug-likeness (QED) is 0.519. The molecule has 0 atom stereocenters. The average molecular weight is 332 g/mol. The number of H-pyrrole nitrogens is 2. The van der Waals surface area contributed by atoms with E-state index in [1.165, 1.54) is 0 Å². The van der Waals surface area contributed by atoms with Crippen molar-refractivity contribution in [2.24, 2.45) is 7.05 Å². The first-order valence-corrected chi connectivity index (χ1v) is 7.98. The van der Waals surface area contributed by atoms with Gasteiger partial charge in [0.15, 0.2) is 5.65 Å². The maximum Gasteiger partial charge on any atom is 0.162 e. The number of rotatable bonds is 2. The number of aryl methyl sites for hydroxylation is 2. The zero-order chi connectivity index (χ0) is 17.1. The van der Waals surface area contributed by atoms with E-state index in [4.69, 9.17) is 9.72 Å². The number of aromatic nitrogens is 6. The van der Waals surface area contributed by atoms with Gasteiger partial charge in [0.05, 0.1) is 24.5 Å². The molecule has 124 valence electrons. The maximum atomic E-state index is 5.42. The molecule has 0 bridgehead atoms. The van der Waals surface area contributed by atoms with Crippen LogP contribution in [0.2, 0.25) is 0 Å². The summed E-state index contributed by atoms with van der Waals surface area (Å²) in [5, 5.41) is 6.30. The summed E-state index contributed by atoms with van der Waals surface area (Å²) >= 11 is 0. The van der Waals surface area contributed by atoms with E-state index in [-0.39, 0.29) is 0 Å². The fourth-order valence-corrected chi connectivity index (χ4v) is 3.52. The van der Waals surface area contributed by atoms with Crippen LogP contribution in [-0.4, -0.2) is 36.8 Å². The lowest BCUT2D eigenvalue weighted by Crippen LogP contribution is -1.90. The highest BCUT2D eigenvalue weighted by Gasteiger charge is 2.17. The predicted molar refractivity (Wildman–Crippen MR) is 96.7 cm³/mol. The molecule has 5 heterocycles. The number of hydrogen-bond acceptors (Lipinski definition) is 4. The second-order valence-corrected chi connectivity index (χ2v) is 6.15. The van der Waals surface area contributed by atoms with Crippen molar-refractivity contribution in [1.82, 2.24) is 29.7 Å². The fraction of sp³-hybridized carbons (Fsp3) is 0.167. The zero-order valence-electron chi connectivity index (χ0n) is 14.1. The van der Waals surface area contributed by atoms with E-state index < -0.39 is 0 Å². The van der Waals surface area contributed by atoms with Crippen LogP contribution in [-0.2, 0) is 7.05 Å². The summed E-state index contributed by atoms with van der Waals surface area (Å²) < 4.78 is 7.40. The fourth-order valence-electron chi connectivity index (χ4n) is 3.52. The normalized spacial score (nSPS) is 11.8. The summed E-state index contributed by atoms with van der Waals surface area (Å²) in [6.07, 6.45) is 7.46. The van der Waals surface area contributed by atoms with Crippen molar-refractivity contribution >= 4 is 33.0 Å². The first kappa shape index (κ1) is 14.0. The molecule has 0 saturated carbocycles. The number of aromatic amines is 2. The molecule has 0 amide bonds. The Labute approximate surface area is 142 Å². The van der Waals surface area contributed by atoms with Crippen LogP contribution in [0.1, 0.15) is 5.56 Å². The highest BCUT2D eigenvalue weighted by atomic mass is 16.5. The minimum absolute atomic E-state index is 0.737. The molecule has 0 aliphatic carbocycles. The lowest BCUT2D eigenvalue weighted by Gasteiger charge is -2.05. The second kappa shape index (κ2) is 4.83. The lowest BCUT2D eigenvalue weighted by atomic mass is 10.1. The Kier molecular flexibility index (Phi) is 2.71. The van der Waals surface area contributed by atoms with Crippen molar-refractivity contribution in [3.05, 3.63) is 36.4 Å². The van der Waals surface area contributed by atoms with Crippen LogP contribution in [0.5, 0.6) is 5.75 Å². The van der Waals surface area contributed by atoms with Crippen molar-refractivity contribution in [2.75, 3.05) is 7.11 Å². The number of ether oxygens (including phenoxy) is 1. The van der Waals surface area contributed by atoms with Crippen LogP contribution in [0.25, 0.3) is 44.2 Å². The van der Waals surface area contributed by atoms with Crippen molar-refractivity contribution in [1.29, 1.82) is 0 Å². The molecule has 5 rings (SSSR count). The molecule has 7 nitrogen and oxygen atoms in total. The summed E-state index contributed by atoms with van der Waals surface area (Å²) in [5.74, 6) is 0.766. The van der Waals surface area contributed by atoms with Gasteiger partial charge < -0.3 is 14.8 Å². The molecule has 7 heteroatoms. The van der Waals surface area contributed by atoms with Gasteiger partial charge in [-0.3, -0.25) is 4.68 Å². The van der Waals surface area contributed by atoms with Crippen molar-refractivity contribution in [2.45, 2.75) is 6.92 Å². The Bertz CT molecular complexity index is 1260. The van der Waals surface area contributed by atoms with Gasteiger partial charge in [-0.25, -0.2) is 15.0 Å². The third-order valence-corrected chi connectivity index (χ3v) is 4.76. The third kappa shape index (κ3) is 1.83. The number of nitrogens with one attached hydrogen (secondary N) is 2. The van der Waals surface area contributed by atoms with Crippen LogP contribution >= 0.6 is 0 Å². The van der Waals surface area contributed by atoms with Gasteiger partial charge in [0, 0.05) is 52.9 Å². The van der Waals surface area contributed by atoms with E-state index in [0.717, 1.165) is 55.5 Å². The van der Waals surface area contributed by atoms with Crippen molar-refractivity contribution in [3.8, 4) is 17.0 Å². The molecule has 0 spiro atoms. The highest BCUT2D eigenvalue weighted by Crippen LogP contribution is 2.35. The van der Waals surface area contributed by atoms with Gasteiger partial charge in [0.1, 0.15) is 11.4 Å². The molecule has 5 aromatic heterocycles. The Morgan fingerprint density at radius 2 is 2.04 bits per heavy atom. The van der Waals surface area contributed by atoms with Gasteiger partial charge in [-0.05, 0) is 13.0 Å². The number of methoxy groups -OCH3 is 1. The minimum Gasteiger partial charge on any atom is -0.495 e. The Morgan fingerprint density at radius 3 is 2.88 bits per heavy atom. The van der Waals surface area contributed by atoms with Crippen LogP contribution < -0.4 is 4.74 Å². The average Bonchev–Trinajstić information content (AvgIpc) is 3.31. The van der Waals surface area contributed by atoms with E-state index in [1.54, 1.807) is 13.3 Å². The molecule has 2 N–H and O–H groups in total. The van der Waals surface area contributed by atoms with Gasteiger partial charge in [0.2, 0.25) is 0 Å². The van der Waals surface area contributed by atoms with Crippen LogP contribution in [0, 0.1) is 6.92 Å². The number of hydrogen-bond donors (Lipinski definition) is 2. The Balaban J connectivity index is 1.83. The van der Waals surface area contributed by atoms with Crippen LogP contribution in [0.3, 0.4) is 0 Å². The first-order chi connectivity index (χ1) is 12.2. The molecule has 0 aliphatic rings. The molecule has 0 aliphatic heterocycles. The molecule has 0 fully saturated rings. The first-order valence-electron chi connectivity index (χ1n) is 7.98. The standard InChI is InChI=1S/C18H16N6O/c1-9-14(25-3)8-21-18-15(9)12(7-20-18)13-4-11-16-10(6-22-24(16)2)5-19-17(11)23-13/h4-8,22H,1-3H3,(H,20,21). The van der Waals surface area contributed by atoms with Crippen LogP contribution in [0.4, 0.5) is 0 Å². The van der Waals surface area contributed by atoms with E-state index in [9.17, 15) is 0 Å². The van der Waals surface area contributed by atoms with Gasteiger partial charge in [-0.1, -0.05) is 0 Å². The smallest absolute Gasteiger partial charge is 0.162 e. The third-order valence-electron chi connectivity index (χ3n) is 4.76. The van der Waals surface area contributed by atoms with Gasteiger partial charge in [0.25, 0.3) is 0 Å². The monoisotopic (exact) mass is 332 g/mol. The number of pyridine rings is 2. The maximum absolute atomic E-state index is 5.42. The van der Waals surface area contributed by atoms with E-state index in [1.807, 2.05) is 37.2 Å². The Morgan fingerprint density at radius 1 is 1.16 bits per heavy atom. The minimum atomic E-state index is 0.737. The van der Waals surface area contributed by atoms with E-state index in [0.29, 0.717) is 0 Å². The summed E-state index contributed by atoms with van der Waals surface area (Å²) in [7, 11) is 3.64. The zero-order valence-corrected chi connectivity index (χ0v) is 14.1. The highest BCUT2D eigenvalue weighted by molar-refractivity contribution is 6.06. The molecule has 5 aromatic rings. The largest absolute Gasteiger partial charge is 0.495 e. The molecule has 25 heavy (non-hydrogen) atoms. The van der Waals surface area contributed by atoms with Crippen LogP contribution in [0.15, 0.2) is 30.9 Å². The van der Waals surface area contributed by atoms with E-state index in [2.05, 4.69) is 26.1 Å². The van der Waals surface area contributed by atoms with E-state index >= 15 is 0 Å². The summed E-state index contributed by atoms with van der Waals surface area (Å²) in [4.78, 5) is 16.9. The molecular formula is C18H16N6O. The van der Waals surface area contributed by atoms with Gasteiger partial charge in [-0.2, -0.15) is 0 Å². The summed E-state index contributed by atoms with van der Waals surface area (Å²) in [5.41, 5.74) is 5.58. The van der Waals surface area contributed by atoms with Gasteiger partial charge >= 0.3 is 0 Å². The SMILES string of the molecule is COc1cnc2[nH]cc(-c3cc4c(ncc5c[nH]n(C)c54)n3)c2c1C. The predicted octanol–water partition coefficient (Wildman–Crippen LogP) is 3.31. The van der Waals surface area contributed by atoms with Crippen molar-refractivity contribution < 1.29 is 4.74 Å². The second-order valence-electron chi connectivity index (χ2n) is 6.15. The van der Waals surface area contributed by atoms with Crippen molar-refractivity contribution in [3.63, 3.8) is 0 Å². The lowest BCUT2D eigenvalue weighted by molar-refractivity contribution is 0.411. The molecule has 0 saturated heterocycles.